The molecule has 4 aromatic heterocycles. The Bertz CT molecular complexity index is 1350. The third-order valence-electron chi connectivity index (χ3n) is 4.25. The maximum absolute atomic E-state index is 13.8. The number of halogens is 5. The van der Waals surface area contributed by atoms with E-state index in [1.165, 1.54) is 24.7 Å². The topological polar surface area (TPSA) is 130 Å². The predicted molar refractivity (Wildman–Crippen MR) is 104 cm³/mol. The van der Waals surface area contributed by atoms with Crippen LogP contribution in [0, 0.1) is 17.1 Å². The van der Waals surface area contributed by atoms with E-state index in [1.807, 2.05) is 6.07 Å². The number of hydrogen-bond acceptors (Lipinski definition) is 8. The van der Waals surface area contributed by atoms with Gasteiger partial charge in [0.15, 0.2) is 23.6 Å². The number of aliphatic hydroxyl groups excluding tert-OH is 1. The van der Waals surface area contributed by atoms with Gasteiger partial charge in [-0.1, -0.05) is 11.6 Å². The number of anilines is 1. The van der Waals surface area contributed by atoms with Crippen molar-refractivity contribution < 1.29 is 22.7 Å². The molecule has 0 saturated heterocycles. The van der Waals surface area contributed by atoms with Crippen molar-refractivity contribution >= 4 is 17.3 Å². The molecule has 4 aromatic rings. The lowest BCUT2D eigenvalue weighted by Crippen LogP contribution is -2.20. The highest BCUT2D eigenvalue weighted by atomic mass is 35.5. The molecular weight excluding hydrogens is 470 g/mol. The number of aromatic nitrogens is 7. The van der Waals surface area contributed by atoms with E-state index in [9.17, 15) is 27.9 Å². The van der Waals surface area contributed by atoms with E-state index in [2.05, 4.69) is 30.6 Å². The van der Waals surface area contributed by atoms with Crippen molar-refractivity contribution in [1.82, 2.24) is 34.7 Å². The largest absolute Gasteiger partial charge is 0.433 e. The second kappa shape index (κ2) is 8.45. The van der Waals surface area contributed by atoms with Crippen molar-refractivity contribution in [2.24, 2.45) is 0 Å². The summed E-state index contributed by atoms with van der Waals surface area (Å²) in [6.45, 7) is 0. The van der Waals surface area contributed by atoms with Gasteiger partial charge in [-0.15, -0.1) is 4.80 Å². The molecule has 4 heterocycles. The summed E-state index contributed by atoms with van der Waals surface area (Å²) in [5.74, 6) is -1.24. The molecule has 0 amide bonds. The lowest BCUT2D eigenvalue weighted by atomic mass is 10.2. The zero-order chi connectivity index (χ0) is 23.8. The van der Waals surface area contributed by atoms with Crippen LogP contribution in [0.4, 0.5) is 23.2 Å². The lowest BCUT2D eigenvalue weighted by Gasteiger charge is -2.18. The fraction of sp³-hybridized carbons (Fsp3) is 0.111. The van der Waals surface area contributed by atoms with Crippen LogP contribution in [0.15, 0.2) is 43.1 Å². The van der Waals surface area contributed by atoms with Gasteiger partial charge < -0.3 is 10.4 Å². The second-order valence-electron chi connectivity index (χ2n) is 6.39. The van der Waals surface area contributed by atoms with Gasteiger partial charge in [0, 0.05) is 0 Å². The van der Waals surface area contributed by atoms with Gasteiger partial charge in [-0.2, -0.15) is 33.7 Å². The van der Waals surface area contributed by atoms with Crippen LogP contribution in [0.25, 0.3) is 11.6 Å². The molecule has 0 aliphatic rings. The normalized spacial score (nSPS) is 12.4. The molecule has 0 saturated carbocycles. The Morgan fingerprint density at radius 1 is 1.06 bits per heavy atom. The Hall–Kier alpha value is -4.09. The Morgan fingerprint density at radius 3 is 2.39 bits per heavy atom. The highest BCUT2D eigenvalue weighted by molar-refractivity contribution is 6.32. The van der Waals surface area contributed by atoms with E-state index in [0.29, 0.717) is 10.9 Å². The van der Waals surface area contributed by atoms with Gasteiger partial charge in [-0.3, -0.25) is 0 Å². The first kappa shape index (κ1) is 22.1. The zero-order valence-corrected chi connectivity index (χ0v) is 16.8. The number of alkyl halides is 3. The molecule has 0 aromatic carbocycles. The van der Waals surface area contributed by atoms with Crippen LogP contribution >= 0.6 is 11.6 Å². The Labute approximate surface area is 186 Å². The molecule has 4 rings (SSSR count). The van der Waals surface area contributed by atoms with Crippen molar-refractivity contribution in [2.75, 3.05) is 5.32 Å². The van der Waals surface area contributed by atoms with E-state index in [-0.39, 0.29) is 17.1 Å². The third-order valence-corrected chi connectivity index (χ3v) is 4.53. The summed E-state index contributed by atoms with van der Waals surface area (Å²) in [7, 11) is 0. The van der Waals surface area contributed by atoms with Crippen LogP contribution in [-0.2, 0) is 6.18 Å². The highest BCUT2D eigenvalue weighted by Crippen LogP contribution is 2.37. The molecule has 33 heavy (non-hydrogen) atoms. The molecule has 0 fully saturated rings. The summed E-state index contributed by atoms with van der Waals surface area (Å²) in [6, 6.07) is 3.91. The molecule has 0 radical (unpaired) electrons. The summed E-state index contributed by atoms with van der Waals surface area (Å²) in [6.07, 6.45) is -1.53. The van der Waals surface area contributed by atoms with Crippen molar-refractivity contribution in [1.29, 1.82) is 5.26 Å². The van der Waals surface area contributed by atoms with Crippen molar-refractivity contribution in [3.05, 3.63) is 70.8 Å². The minimum atomic E-state index is -4.99. The van der Waals surface area contributed by atoms with Crippen LogP contribution in [-0.4, -0.2) is 39.8 Å². The average molecular weight is 480 g/mol. The standard InChI is InChI=1S/C18H10ClF4N9O/c19-13-4-10(20)6-25-16(13)31-14(18(21,22)23)12(8-29-31)17(33)30-11-3-9(5-24)15(26-7-11)32-27-1-2-28-32/h1-4,6-8,17,30,33H. The van der Waals surface area contributed by atoms with Gasteiger partial charge in [0.05, 0.1) is 47.3 Å². The average Bonchev–Trinajstić information content (AvgIpc) is 3.43. The number of rotatable bonds is 5. The van der Waals surface area contributed by atoms with E-state index in [1.54, 1.807) is 0 Å². The highest BCUT2D eigenvalue weighted by Gasteiger charge is 2.41. The Balaban J connectivity index is 1.70. The number of pyridine rings is 2. The van der Waals surface area contributed by atoms with Crippen LogP contribution in [0.5, 0.6) is 0 Å². The number of nitrogens with zero attached hydrogens (tertiary/aromatic N) is 8. The van der Waals surface area contributed by atoms with E-state index < -0.39 is 40.3 Å². The van der Waals surface area contributed by atoms with Gasteiger partial charge in [-0.25, -0.2) is 19.0 Å². The minimum absolute atomic E-state index is 0.00238. The van der Waals surface area contributed by atoms with Crippen LogP contribution in [0.2, 0.25) is 5.02 Å². The monoisotopic (exact) mass is 479 g/mol. The number of hydrogen-bond donors (Lipinski definition) is 2. The molecule has 168 valence electrons. The summed E-state index contributed by atoms with van der Waals surface area (Å²) >= 11 is 5.84. The third kappa shape index (κ3) is 4.31. The van der Waals surface area contributed by atoms with Crippen molar-refractivity contribution in [3.63, 3.8) is 0 Å². The predicted octanol–water partition coefficient (Wildman–Crippen LogP) is 3.03. The Morgan fingerprint density at radius 2 is 1.76 bits per heavy atom. The van der Waals surface area contributed by atoms with E-state index in [0.717, 1.165) is 17.1 Å². The molecule has 15 heteroatoms. The van der Waals surface area contributed by atoms with Gasteiger partial charge >= 0.3 is 6.18 Å². The van der Waals surface area contributed by atoms with Crippen molar-refractivity contribution in [3.8, 4) is 17.7 Å². The fourth-order valence-corrected chi connectivity index (χ4v) is 3.14. The first-order valence-electron chi connectivity index (χ1n) is 8.87. The molecular formula is C18H10ClF4N9O. The van der Waals surface area contributed by atoms with Gasteiger partial charge in [-0.05, 0) is 12.1 Å². The maximum Gasteiger partial charge on any atom is 0.433 e. The minimum Gasteiger partial charge on any atom is -0.369 e. The van der Waals surface area contributed by atoms with Gasteiger partial charge in [0.25, 0.3) is 0 Å². The SMILES string of the molecule is N#Cc1cc(NC(O)c2cnn(-c3ncc(F)cc3Cl)c2C(F)(F)F)cnc1-n1nccn1. The molecule has 1 unspecified atom stereocenters. The molecule has 2 N–H and O–H groups in total. The smallest absolute Gasteiger partial charge is 0.369 e. The molecule has 0 spiro atoms. The summed E-state index contributed by atoms with van der Waals surface area (Å²) in [4.78, 5) is 8.67. The van der Waals surface area contributed by atoms with E-state index in [4.69, 9.17) is 11.6 Å². The summed E-state index contributed by atoms with van der Waals surface area (Å²) in [5, 5.41) is 33.2. The van der Waals surface area contributed by atoms with Crippen molar-refractivity contribution in [2.45, 2.75) is 12.4 Å². The quantitative estimate of drug-likeness (QED) is 0.330. The molecule has 0 bridgehead atoms. The summed E-state index contributed by atoms with van der Waals surface area (Å²) in [5.41, 5.74) is -2.01. The first-order valence-corrected chi connectivity index (χ1v) is 9.25. The second-order valence-corrected chi connectivity index (χ2v) is 6.80. The van der Waals surface area contributed by atoms with Crippen LogP contribution in [0.3, 0.4) is 0 Å². The number of nitriles is 1. The zero-order valence-electron chi connectivity index (χ0n) is 16.0. The molecule has 1 atom stereocenters. The molecule has 0 aliphatic heterocycles. The first-order chi connectivity index (χ1) is 15.7. The summed E-state index contributed by atoms with van der Waals surface area (Å²) < 4.78 is 55.2. The number of nitrogens with one attached hydrogen (secondary N) is 1. The van der Waals surface area contributed by atoms with Gasteiger partial charge in [0.2, 0.25) is 0 Å². The number of aliphatic hydroxyl groups is 1. The molecule has 10 nitrogen and oxygen atoms in total. The Kier molecular flexibility index (Phi) is 5.66. The molecule has 0 aliphatic carbocycles. The fourth-order valence-electron chi connectivity index (χ4n) is 2.91. The van der Waals surface area contributed by atoms with E-state index >= 15 is 0 Å². The van der Waals surface area contributed by atoms with Crippen LogP contribution < -0.4 is 5.32 Å². The van der Waals surface area contributed by atoms with Gasteiger partial charge in [0.1, 0.15) is 17.4 Å². The maximum atomic E-state index is 13.8. The lowest BCUT2D eigenvalue weighted by molar-refractivity contribution is -0.144. The van der Waals surface area contributed by atoms with Crippen LogP contribution in [0.1, 0.15) is 23.0 Å².